The minimum atomic E-state index is 0.0477. The molecule has 1 amide bonds. The lowest BCUT2D eigenvalue weighted by Gasteiger charge is -2.25. The SMILES string of the molecule is O=C(CSc1nncc2ccccc12)N1CCCC1c1ccc(Cl)c(Cl)c1. The third kappa shape index (κ3) is 3.91. The van der Waals surface area contributed by atoms with Crippen LogP contribution in [0, 0.1) is 0 Å². The van der Waals surface area contributed by atoms with Gasteiger partial charge in [0.2, 0.25) is 5.91 Å². The second-order valence-electron chi connectivity index (χ2n) is 6.44. The summed E-state index contributed by atoms with van der Waals surface area (Å²) >= 11 is 13.6. The van der Waals surface area contributed by atoms with E-state index in [9.17, 15) is 4.79 Å². The summed E-state index contributed by atoms with van der Waals surface area (Å²) in [5.74, 6) is 0.434. The molecule has 2 heterocycles. The fourth-order valence-corrected chi connectivity index (χ4v) is 4.63. The number of halogens is 2. The normalized spacial score (nSPS) is 16.8. The monoisotopic (exact) mass is 417 g/mol. The average Bonchev–Trinajstić information content (AvgIpc) is 3.18. The summed E-state index contributed by atoms with van der Waals surface area (Å²) in [5, 5.41) is 12.1. The lowest BCUT2D eigenvalue weighted by Crippen LogP contribution is -2.32. The van der Waals surface area contributed by atoms with E-state index < -0.39 is 0 Å². The molecule has 0 saturated carbocycles. The van der Waals surface area contributed by atoms with Crippen LogP contribution in [0.25, 0.3) is 10.8 Å². The zero-order chi connectivity index (χ0) is 18.8. The van der Waals surface area contributed by atoms with Crippen LogP contribution in [0.1, 0.15) is 24.4 Å². The first-order valence-corrected chi connectivity index (χ1v) is 10.5. The fourth-order valence-electron chi connectivity index (χ4n) is 3.45. The Labute approximate surface area is 171 Å². The number of nitrogens with zero attached hydrogens (tertiary/aromatic N) is 3. The van der Waals surface area contributed by atoms with Gasteiger partial charge in [-0.25, -0.2) is 0 Å². The van der Waals surface area contributed by atoms with Crippen molar-refractivity contribution in [2.45, 2.75) is 23.9 Å². The van der Waals surface area contributed by atoms with Gasteiger partial charge in [0.1, 0.15) is 5.03 Å². The maximum atomic E-state index is 12.9. The summed E-state index contributed by atoms with van der Waals surface area (Å²) in [6.45, 7) is 0.755. The number of benzene rings is 2. The highest BCUT2D eigenvalue weighted by Crippen LogP contribution is 2.36. The topological polar surface area (TPSA) is 46.1 Å². The Morgan fingerprint density at radius 3 is 2.89 bits per heavy atom. The number of hydrogen-bond acceptors (Lipinski definition) is 4. The number of thioether (sulfide) groups is 1. The molecular formula is C20H17Cl2N3OS. The Bertz CT molecular complexity index is 993. The molecule has 7 heteroatoms. The number of likely N-dealkylation sites (tertiary alicyclic amines) is 1. The van der Waals surface area contributed by atoms with Gasteiger partial charge >= 0.3 is 0 Å². The van der Waals surface area contributed by atoms with Crippen molar-refractivity contribution in [1.82, 2.24) is 15.1 Å². The van der Waals surface area contributed by atoms with Gasteiger partial charge in [0.15, 0.2) is 0 Å². The molecule has 1 aromatic heterocycles. The molecule has 2 aromatic carbocycles. The number of fused-ring (bicyclic) bond motifs is 1. The summed E-state index contributed by atoms with van der Waals surface area (Å²) in [6.07, 6.45) is 3.65. The van der Waals surface area contributed by atoms with Crippen molar-refractivity contribution in [3.63, 3.8) is 0 Å². The van der Waals surface area contributed by atoms with Crippen LogP contribution in [0.15, 0.2) is 53.7 Å². The molecule has 138 valence electrons. The quantitative estimate of drug-likeness (QED) is 0.533. The van der Waals surface area contributed by atoms with Crippen LogP contribution in [0.2, 0.25) is 10.0 Å². The van der Waals surface area contributed by atoms with Gasteiger partial charge in [-0.05, 0) is 30.5 Å². The van der Waals surface area contributed by atoms with E-state index in [-0.39, 0.29) is 11.9 Å². The van der Waals surface area contributed by atoms with Crippen molar-refractivity contribution in [2.75, 3.05) is 12.3 Å². The Kier molecular flexibility index (Phi) is 5.53. The highest BCUT2D eigenvalue weighted by Gasteiger charge is 2.30. The molecule has 0 spiro atoms. The number of aromatic nitrogens is 2. The molecular weight excluding hydrogens is 401 g/mol. The van der Waals surface area contributed by atoms with E-state index in [1.54, 1.807) is 12.3 Å². The molecule has 0 bridgehead atoms. The van der Waals surface area contributed by atoms with Crippen LogP contribution in [0.4, 0.5) is 0 Å². The second-order valence-corrected chi connectivity index (χ2v) is 8.22. The third-order valence-electron chi connectivity index (χ3n) is 4.77. The largest absolute Gasteiger partial charge is 0.335 e. The van der Waals surface area contributed by atoms with E-state index in [0.717, 1.165) is 40.7 Å². The third-order valence-corrected chi connectivity index (χ3v) is 6.48. The van der Waals surface area contributed by atoms with E-state index in [1.165, 1.54) is 11.8 Å². The van der Waals surface area contributed by atoms with Crippen LogP contribution >= 0.6 is 35.0 Å². The van der Waals surface area contributed by atoms with Crippen LogP contribution in [0.3, 0.4) is 0 Å². The van der Waals surface area contributed by atoms with Gasteiger partial charge in [-0.1, -0.05) is 65.3 Å². The molecule has 4 nitrogen and oxygen atoms in total. The van der Waals surface area contributed by atoms with Gasteiger partial charge < -0.3 is 4.90 Å². The van der Waals surface area contributed by atoms with Gasteiger partial charge in [0, 0.05) is 17.3 Å². The zero-order valence-electron chi connectivity index (χ0n) is 14.4. The van der Waals surface area contributed by atoms with E-state index in [1.807, 2.05) is 41.3 Å². The number of amides is 1. The molecule has 1 atom stereocenters. The first kappa shape index (κ1) is 18.5. The minimum Gasteiger partial charge on any atom is -0.335 e. The lowest BCUT2D eigenvalue weighted by molar-refractivity contribution is -0.129. The van der Waals surface area contributed by atoms with Crippen molar-refractivity contribution in [1.29, 1.82) is 0 Å². The van der Waals surface area contributed by atoms with Crippen molar-refractivity contribution in [2.24, 2.45) is 0 Å². The molecule has 0 radical (unpaired) electrons. The van der Waals surface area contributed by atoms with Gasteiger partial charge in [0.25, 0.3) is 0 Å². The molecule has 1 aliphatic rings. The molecule has 0 N–H and O–H groups in total. The second kappa shape index (κ2) is 8.05. The minimum absolute atomic E-state index is 0.0477. The van der Waals surface area contributed by atoms with E-state index in [2.05, 4.69) is 10.2 Å². The van der Waals surface area contributed by atoms with Gasteiger partial charge in [-0.3, -0.25) is 4.79 Å². The number of hydrogen-bond donors (Lipinski definition) is 0. The smallest absolute Gasteiger partial charge is 0.233 e. The molecule has 1 unspecified atom stereocenters. The van der Waals surface area contributed by atoms with Crippen LogP contribution in [0.5, 0.6) is 0 Å². The maximum Gasteiger partial charge on any atom is 0.233 e. The number of rotatable bonds is 4. The molecule has 0 aliphatic carbocycles. The summed E-state index contributed by atoms with van der Waals surface area (Å²) in [6, 6.07) is 13.6. The van der Waals surface area contributed by atoms with Crippen LogP contribution in [-0.2, 0) is 4.79 Å². The van der Waals surface area contributed by atoms with Gasteiger partial charge in [-0.15, -0.1) is 5.10 Å². The highest BCUT2D eigenvalue weighted by atomic mass is 35.5. The Hall–Kier alpha value is -1.82. The van der Waals surface area contributed by atoms with Gasteiger partial charge in [-0.2, -0.15) is 5.10 Å². The Balaban J connectivity index is 1.49. The van der Waals surface area contributed by atoms with Crippen molar-refractivity contribution in [3.05, 3.63) is 64.3 Å². The fraction of sp³-hybridized carbons (Fsp3) is 0.250. The van der Waals surface area contributed by atoms with Crippen molar-refractivity contribution in [3.8, 4) is 0 Å². The molecule has 1 saturated heterocycles. The van der Waals surface area contributed by atoms with E-state index in [0.29, 0.717) is 15.8 Å². The maximum absolute atomic E-state index is 12.9. The molecule has 4 rings (SSSR count). The first-order valence-electron chi connectivity index (χ1n) is 8.71. The summed E-state index contributed by atoms with van der Waals surface area (Å²) < 4.78 is 0. The number of carbonyl (C=O) groups is 1. The molecule has 27 heavy (non-hydrogen) atoms. The molecule has 1 fully saturated rings. The Morgan fingerprint density at radius 2 is 2.04 bits per heavy atom. The predicted octanol–water partition coefficient (Wildman–Crippen LogP) is 5.39. The summed E-state index contributed by atoms with van der Waals surface area (Å²) in [5.41, 5.74) is 1.03. The van der Waals surface area contributed by atoms with Crippen LogP contribution < -0.4 is 0 Å². The first-order chi connectivity index (χ1) is 13.1. The Morgan fingerprint density at radius 1 is 1.19 bits per heavy atom. The summed E-state index contributed by atoms with van der Waals surface area (Å²) in [7, 11) is 0. The van der Waals surface area contributed by atoms with E-state index >= 15 is 0 Å². The zero-order valence-corrected chi connectivity index (χ0v) is 16.8. The highest BCUT2D eigenvalue weighted by molar-refractivity contribution is 8.00. The van der Waals surface area contributed by atoms with Crippen molar-refractivity contribution < 1.29 is 4.79 Å². The van der Waals surface area contributed by atoms with Crippen molar-refractivity contribution >= 4 is 51.6 Å². The number of carbonyl (C=O) groups excluding carboxylic acids is 1. The standard InChI is InChI=1S/C20H17Cl2N3OS/c21-16-8-7-13(10-17(16)22)18-6-3-9-25(18)19(26)12-27-20-15-5-2-1-4-14(15)11-23-24-20/h1-2,4-5,7-8,10-11,18H,3,6,9,12H2. The van der Waals surface area contributed by atoms with E-state index in [4.69, 9.17) is 23.2 Å². The molecule has 3 aromatic rings. The van der Waals surface area contributed by atoms with Crippen LogP contribution in [-0.4, -0.2) is 33.3 Å². The predicted molar refractivity (Wildman–Crippen MR) is 110 cm³/mol. The van der Waals surface area contributed by atoms with Gasteiger partial charge in [0.05, 0.1) is 28.0 Å². The summed E-state index contributed by atoms with van der Waals surface area (Å²) in [4.78, 5) is 14.8. The lowest BCUT2D eigenvalue weighted by atomic mass is 10.0. The average molecular weight is 418 g/mol. The molecule has 1 aliphatic heterocycles.